The van der Waals surface area contributed by atoms with Crippen LogP contribution >= 0.6 is 0 Å². The lowest BCUT2D eigenvalue weighted by atomic mass is 9.73. The molecular formula is C33H36O6. The molecule has 4 atom stereocenters. The molecule has 0 spiro atoms. The predicted molar refractivity (Wildman–Crippen MR) is 146 cm³/mol. The van der Waals surface area contributed by atoms with E-state index in [4.69, 9.17) is 24.0 Å². The van der Waals surface area contributed by atoms with E-state index in [1.807, 2.05) is 37.3 Å². The molecular weight excluding hydrogens is 492 g/mol. The molecule has 0 amide bonds. The van der Waals surface area contributed by atoms with E-state index in [0.717, 1.165) is 37.0 Å². The Labute approximate surface area is 230 Å². The summed E-state index contributed by atoms with van der Waals surface area (Å²) in [5.41, 5.74) is 6.63. The highest BCUT2D eigenvalue weighted by molar-refractivity contribution is 5.65. The van der Waals surface area contributed by atoms with E-state index in [9.17, 15) is 4.79 Å². The summed E-state index contributed by atoms with van der Waals surface area (Å²) in [6, 6.07) is 23.0. The van der Waals surface area contributed by atoms with Crippen molar-refractivity contribution in [3.63, 3.8) is 0 Å². The van der Waals surface area contributed by atoms with Crippen LogP contribution in [0.5, 0.6) is 5.75 Å². The Kier molecular flexibility index (Phi) is 7.43. The van der Waals surface area contributed by atoms with Crippen molar-refractivity contribution in [2.45, 2.75) is 76.3 Å². The Morgan fingerprint density at radius 2 is 1.72 bits per heavy atom. The Morgan fingerprint density at radius 1 is 0.923 bits per heavy atom. The fraction of sp³-hybridized carbons (Fsp3) is 0.424. The number of rotatable bonds is 7. The Balaban J connectivity index is 1.41. The van der Waals surface area contributed by atoms with Crippen molar-refractivity contribution in [3.05, 3.63) is 100 Å². The predicted octanol–water partition coefficient (Wildman–Crippen LogP) is 6.17. The van der Waals surface area contributed by atoms with E-state index in [2.05, 4.69) is 36.4 Å². The molecule has 3 aromatic rings. The number of benzene rings is 3. The number of esters is 1. The van der Waals surface area contributed by atoms with Crippen molar-refractivity contribution >= 4 is 5.97 Å². The van der Waals surface area contributed by atoms with Crippen LogP contribution in [0, 0.1) is 0 Å². The molecule has 0 aromatic heterocycles. The molecule has 39 heavy (non-hydrogen) atoms. The first kappa shape index (κ1) is 26.1. The molecule has 1 heterocycles. The molecule has 0 N–H and O–H groups in total. The molecule has 2 unspecified atom stereocenters. The normalized spacial score (nSPS) is 23.1. The average molecular weight is 529 g/mol. The van der Waals surface area contributed by atoms with Crippen LogP contribution in [0.1, 0.15) is 72.4 Å². The molecule has 6 rings (SSSR count). The molecule has 204 valence electrons. The topological polar surface area (TPSA) is 63.2 Å². The number of hydrogen-bond donors (Lipinski definition) is 0. The van der Waals surface area contributed by atoms with Gasteiger partial charge < -0.3 is 14.2 Å². The summed E-state index contributed by atoms with van der Waals surface area (Å²) in [4.78, 5) is 23.0. The highest BCUT2D eigenvalue weighted by Gasteiger charge is 2.48. The lowest BCUT2D eigenvalue weighted by Crippen LogP contribution is -2.47. The molecule has 0 fully saturated rings. The largest absolute Gasteiger partial charge is 0.463 e. The van der Waals surface area contributed by atoms with Crippen LogP contribution in [0.2, 0.25) is 0 Å². The summed E-state index contributed by atoms with van der Waals surface area (Å²) in [7, 11) is 0. The van der Waals surface area contributed by atoms with Gasteiger partial charge in [0.2, 0.25) is 6.29 Å². The van der Waals surface area contributed by atoms with Gasteiger partial charge in [0.25, 0.3) is 0 Å². The zero-order chi connectivity index (χ0) is 26.8. The maximum Gasteiger partial charge on any atom is 0.302 e. The highest BCUT2D eigenvalue weighted by atomic mass is 17.2. The first-order chi connectivity index (χ1) is 19.0. The van der Waals surface area contributed by atoms with Gasteiger partial charge in [-0.25, -0.2) is 9.78 Å². The van der Waals surface area contributed by atoms with Crippen LogP contribution in [0.25, 0.3) is 0 Å². The summed E-state index contributed by atoms with van der Waals surface area (Å²) in [6.45, 7) is 3.51. The van der Waals surface area contributed by atoms with Gasteiger partial charge in [0.1, 0.15) is 19.0 Å². The van der Waals surface area contributed by atoms with Crippen molar-refractivity contribution < 1.29 is 28.8 Å². The molecule has 3 aromatic carbocycles. The van der Waals surface area contributed by atoms with Crippen LogP contribution in [0.3, 0.4) is 0 Å². The van der Waals surface area contributed by atoms with E-state index < -0.39 is 11.9 Å². The van der Waals surface area contributed by atoms with Crippen LogP contribution in [-0.2, 0) is 48.9 Å². The van der Waals surface area contributed by atoms with E-state index in [1.54, 1.807) is 0 Å². The van der Waals surface area contributed by atoms with Gasteiger partial charge in [-0.05, 0) is 79.3 Å². The van der Waals surface area contributed by atoms with Gasteiger partial charge in [-0.2, -0.15) is 0 Å². The lowest BCUT2D eigenvalue weighted by Gasteiger charge is -2.38. The molecule has 0 saturated heterocycles. The van der Waals surface area contributed by atoms with Gasteiger partial charge in [-0.15, -0.1) is 0 Å². The van der Waals surface area contributed by atoms with E-state index in [-0.39, 0.29) is 31.2 Å². The third-order valence-corrected chi connectivity index (χ3v) is 8.34. The van der Waals surface area contributed by atoms with Crippen LogP contribution in [0.4, 0.5) is 0 Å². The minimum atomic E-state index is -1.09. The summed E-state index contributed by atoms with van der Waals surface area (Å²) in [6.07, 6.45) is 5.58. The van der Waals surface area contributed by atoms with Gasteiger partial charge in [0.15, 0.2) is 5.60 Å². The van der Waals surface area contributed by atoms with Gasteiger partial charge >= 0.3 is 5.97 Å². The molecule has 6 heteroatoms. The zero-order valence-corrected chi connectivity index (χ0v) is 22.7. The van der Waals surface area contributed by atoms with Crippen LogP contribution < -0.4 is 4.74 Å². The molecule has 0 radical (unpaired) electrons. The number of carbonyl (C=O) groups excluding carboxylic acids is 1. The van der Waals surface area contributed by atoms with Crippen molar-refractivity contribution in [2.24, 2.45) is 0 Å². The SMILES string of the molecule is CC(=O)OCCOO[C@@](C)(c1ccccc1)C1Oc2ccc3c(c2[C@H]2c4ccccc4CCC2O1)CCCC3. The minimum Gasteiger partial charge on any atom is -0.463 e. The van der Waals surface area contributed by atoms with Gasteiger partial charge in [0.05, 0.1) is 6.10 Å². The van der Waals surface area contributed by atoms with Crippen molar-refractivity contribution in [1.29, 1.82) is 0 Å². The van der Waals surface area contributed by atoms with E-state index >= 15 is 0 Å². The molecule has 0 saturated carbocycles. The summed E-state index contributed by atoms with van der Waals surface area (Å²) in [5.74, 6) is 0.590. The maximum atomic E-state index is 11.2. The van der Waals surface area contributed by atoms with Crippen molar-refractivity contribution in [3.8, 4) is 5.75 Å². The van der Waals surface area contributed by atoms with Crippen molar-refractivity contribution in [1.82, 2.24) is 0 Å². The van der Waals surface area contributed by atoms with E-state index in [1.165, 1.54) is 47.6 Å². The molecule has 3 aliphatic rings. The quantitative estimate of drug-likeness (QED) is 0.158. The summed E-state index contributed by atoms with van der Waals surface area (Å²) >= 11 is 0. The standard InChI is InChI=1S/C33H36O6/c1-22(34)35-20-21-36-39-33(2,25-12-4-3-5-13-25)32-37-28-18-16-23-10-6-8-14-26(23)30(28)31-27-15-9-7-11-24(27)17-19-29(31)38-32/h3-6,8,10,12-14,17,19,28,30,32H,7,9,11,15-16,18,20-21H2,1-2H3/t28?,30-,32?,33-/m0/s1. The van der Waals surface area contributed by atoms with Crippen molar-refractivity contribution in [2.75, 3.05) is 13.2 Å². The molecule has 0 bridgehead atoms. The zero-order valence-electron chi connectivity index (χ0n) is 22.7. The first-order valence-corrected chi connectivity index (χ1v) is 14.1. The monoisotopic (exact) mass is 528 g/mol. The Bertz CT molecular complexity index is 1320. The number of ether oxygens (including phenoxy) is 3. The molecule has 2 aliphatic carbocycles. The van der Waals surface area contributed by atoms with Crippen LogP contribution in [-0.4, -0.2) is 31.6 Å². The third kappa shape index (κ3) is 5.09. The first-order valence-electron chi connectivity index (χ1n) is 14.1. The maximum absolute atomic E-state index is 11.2. The average Bonchev–Trinajstić information content (AvgIpc) is 3.15. The van der Waals surface area contributed by atoms with E-state index in [0.29, 0.717) is 0 Å². The fourth-order valence-electron chi connectivity index (χ4n) is 6.42. The molecule has 6 nitrogen and oxygen atoms in total. The number of carbonyl (C=O) groups is 1. The summed E-state index contributed by atoms with van der Waals surface area (Å²) < 4.78 is 18.8. The second-order valence-corrected chi connectivity index (χ2v) is 10.9. The highest BCUT2D eigenvalue weighted by Crippen LogP contribution is 2.50. The Morgan fingerprint density at radius 3 is 2.56 bits per heavy atom. The smallest absolute Gasteiger partial charge is 0.302 e. The third-order valence-electron chi connectivity index (χ3n) is 8.34. The number of aryl methyl sites for hydroxylation is 2. The number of fused-ring (bicyclic) bond motifs is 7. The van der Waals surface area contributed by atoms with Gasteiger partial charge in [-0.1, -0.05) is 60.7 Å². The van der Waals surface area contributed by atoms with Gasteiger partial charge in [0, 0.05) is 18.4 Å². The second-order valence-electron chi connectivity index (χ2n) is 10.9. The number of hydrogen-bond acceptors (Lipinski definition) is 6. The summed E-state index contributed by atoms with van der Waals surface area (Å²) in [5, 5.41) is 0. The lowest BCUT2D eigenvalue weighted by molar-refractivity contribution is -0.404. The second kappa shape index (κ2) is 11.1. The Hall–Kier alpha value is -3.19. The minimum absolute atomic E-state index is 0.0766. The van der Waals surface area contributed by atoms with Crippen LogP contribution in [0.15, 0.2) is 66.7 Å². The molecule has 1 aliphatic heterocycles. The fourth-order valence-corrected chi connectivity index (χ4v) is 6.42. The van der Waals surface area contributed by atoms with Gasteiger partial charge in [-0.3, -0.25) is 4.79 Å².